The minimum atomic E-state index is -0.472. The molecule has 0 radical (unpaired) electrons. The van der Waals surface area contributed by atoms with Crippen LogP contribution < -0.4 is 11.1 Å². The number of likely N-dealkylation sites (N-methyl/N-ethyl adjacent to an activating group) is 1. The van der Waals surface area contributed by atoms with Gasteiger partial charge in [-0.3, -0.25) is 0 Å². The summed E-state index contributed by atoms with van der Waals surface area (Å²) in [6.07, 6.45) is 0. The van der Waals surface area contributed by atoms with Gasteiger partial charge in [0.25, 0.3) is 0 Å². The van der Waals surface area contributed by atoms with Gasteiger partial charge in [0.15, 0.2) is 0 Å². The topological polar surface area (TPSA) is 67.6 Å². The van der Waals surface area contributed by atoms with Gasteiger partial charge in [-0.05, 0) is 12.1 Å². The van der Waals surface area contributed by atoms with Crippen LogP contribution in [-0.2, 0) is 4.74 Å². The summed E-state index contributed by atoms with van der Waals surface area (Å²) in [6.45, 7) is 0.686. The minimum absolute atomic E-state index is 0.148. The van der Waals surface area contributed by atoms with E-state index in [1.165, 1.54) is 17.0 Å². The lowest BCUT2D eigenvalue weighted by Crippen LogP contribution is -2.42. The highest BCUT2D eigenvalue weighted by atomic mass is 19.1. The Hall–Kier alpha value is -1.66. The number of para-hydroxylation sites is 1. The summed E-state index contributed by atoms with van der Waals surface area (Å²) in [5, 5.41) is 2.47. The molecule has 0 aliphatic carbocycles. The van der Waals surface area contributed by atoms with Crippen LogP contribution in [0.15, 0.2) is 24.3 Å². The van der Waals surface area contributed by atoms with E-state index in [2.05, 4.69) is 5.32 Å². The van der Waals surface area contributed by atoms with Gasteiger partial charge in [0.05, 0.1) is 12.3 Å². The molecule has 1 atom stereocenters. The average Bonchev–Trinajstić information content (AvgIpc) is 2.32. The summed E-state index contributed by atoms with van der Waals surface area (Å²) in [7, 11) is 3.13. The Balaban J connectivity index is 2.52. The first-order valence-corrected chi connectivity index (χ1v) is 5.55. The lowest BCUT2D eigenvalue weighted by Gasteiger charge is -2.21. The Bertz CT molecular complexity index is 401. The van der Waals surface area contributed by atoms with E-state index < -0.39 is 11.8 Å². The molecule has 3 N–H and O–H groups in total. The van der Waals surface area contributed by atoms with Crippen LogP contribution in [0.1, 0.15) is 0 Å². The number of anilines is 1. The zero-order valence-electron chi connectivity index (χ0n) is 10.5. The molecule has 100 valence electrons. The standard InChI is InChI=1S/C12H18FN3O2/c1-16(7-9(14)8-18-2)12(17)15-11-6-4-3-5-10(11)13/h3-6,9H,7-8,14H2,1-2H3,(H,15,17). The SMILES string of the molecule is COCC(N)CN(C)C(=O)Nc1ccccc1F. The van der Waals surface area contributed by atoms with Crippen LogP contribution in [-0.4, -0.2) is 44.3 Å². The molecule has 0 saturated carbocycles. The number of rotatable bonds is 5. The Labute approximate surface area is 106 Å². The van der Waals surface area contributed by atoms with Crippen molar-refractivity contribution in [3.63, 3.8) is 0 Å². The largest absolute Gasteiger partial charge is 0.383 e. The van der Waals surface area contributed by atoms with Crippen molar-refractivity contribution in [2.24, 2.45) is 5.73 Å². The number of amides is 2. The molecule has 1 rings (SSSR count). The highest BCUT2D eigenvalue weighted by molar-refractivity contribution is 5.89. The second kappa shape index (κ2) is 6.93. The third-order valence-electron chi connectivity index (χ3n) is 2.35. The van der Waals surface area contributed by atoms with Crippen LogP contribution in [0.25, 0.3) is 0 Å². The second-order valence-corrected chi connectivity index (χ2v) is 4.01. The molecular weight excluding hydrogens is 237 g/mol. The number of ether oxygens (including phenoxy) is 1. The molecule has 1 aromatic carbocycles. The number of hydrogen-bond donors (Lipinski definition) is 2. The molecule has 5 nitrogen and oxygen atoms in total. The Kier molecular flexibility index (Phi) is 5.54. The van der Waals surface area contributed by atoms with E-state index in [9.17, 15) is 9.18 Å². The molecule has 0 saturated heterocycles. The molecule has 0 bridgehead atoms. The molecule has 2 amide bonds. The van der Waals surface area contributed by atoms with Crippen molar-refractivity contribution in [1.29, 1.82) is 0 Å². The van der Waals surface area contributed by atoms with Crippen LogP contribution in [0, 0.1) is 5.82 Å². The fourth-order valence-corrected chi connectivity index (χ4v) is 1.47. The zero-order valence-corrected chi connectivity index (χ0v) is 10.5. The number of benzene rings is 1. The van der Waals surface area contributed by atoms with Gasteiger partial charge in [-0.25, -0.2) is 9.18 Å². The normalized spacial score (nSPS) is 12.0. The molecular formula is C12H18FN3O2. The molecule has 0 heterocycles. The van der Waals surface area contributed by atoms with E-state index in [-0.39, 0.29) is 11.7 Å². The first-order chi connectivity index (χ1) is 8.54. The van der Waals surface area contributed by atoms with Gasteiger partial charge in [-0.2, -0.15) is 0 Å². The minimum Gasteiger partial charge on any atom is -0.383 e. The summed E-state index contributed by atoms with van der Waals surface area (Å²) >= 11 is 0. The monoisotopic (exact) mass is 255 g/mol. The van der Waals surface area contributed by atoms with E-state index in [0.29, 0.717) is 13.2 Å². The number of halogens is 1. The smallest absolute Gasteiger partial charge is 0.321 e. The van der Waals surface area contributed by atoms with E-state index >= 15 is 0 Å². The van der Waals surface area contributed by atoms with Crippen LogP contribution >= 0.6 is 0 Å². The van der Waals surface area contributed by atoms with Gasteiger partial charge in [-0.1, -0.05) is 12.1 Å². The molecule has 0 aliphatic rings. The van der Waals surface area contributed by atoms with E-state index in [1.807, 2.05) is 0 Å². The molecule has 0 aromatic heterocycles. The van der Waals surface area contributed by atoms with Gasteiger partial charge in [-0.15, -0.1) is 0 Å². The molecule has 6 heteroatoms. The van der Waals surface area contributed by atoms with Crippen LogP contribution in [0.2, 0.25) is 0 Å². The third-order valence-corrected chi connectivity index (χ3v) is 2.35. The van der Waals surface area contributed by atoms with Crippen molar-refractivity contribution in [2.45, 2.75) is 6.04 Å². The van der Waals surface area contributed by atoms with Gasteiger partial charge in [0.1, 0.15) is 5.82 Å². The fourth-order valence-electron chi connectivity index (χ4n) is 1.47. The van der Waals surface area contributed by atoms with Gasteiger partial charge >= 0.3 is 6.03 Å². The lowest BCUT2D eigenvalue weighted by molar-refractivity contribution is 0.164. The maximum atomic E-state index is 13.3. The van der Waals surface area contributed by atoms with Crippen molar-refractivity contribution in [2.75, 3.05) is 32.6 Å². The molecule has 1 aromatic rings. The zero-order chi connectivity index (χ0) is 13.5. The van der Waals surface area contributed by atoms with E-state index in [1.54, 1.807) is 26.3 Å². The van der Waals surface area contributed by atoms with Crippen LogP contribution in [0.5, 0.6) is 0 Å². The predicted octanol–water partition coefficient (Wildman–Crippen LogP) is 1.26. The number of nitrogens with two attached hydrogens (primary N) is 1. The van der Waals surface area contributed by atoms with Crippen molar-refractivity contribution in [1.82, 2.24) is 4.90 Å². The predicted molar refractivity (Wildman–Crippen MR) is 67.9 cm³/mol. The van der Waals surface area contributed by atoms with Crippen LogP contribution in [0.4, 0.5) is 14.9 Å². The third kappa shape index (κ3) is 4.31. The average molecular weight is 255 g/mol. The maximum absolute atomic E-state index is 13.3. The van der Waals surface area contributed by atoms with Gasteiger partial charge in [0.2, 0.25) is 0 Å². The second-order valence-electron chi connectivity index (χ2n) is 4.01. The summed E-state index contributed by atoms with van der Waals surface area (Å²) in [4.78, 5) is 13.1. The van der Waals surface area contributed by atoms with Crippen molar-refractivity contribution in [3.8, 4) is 0 Å². The molecule has 0 aliphatic heterocycles. The summed E-state index contributed by atoms with van der Waals surface area (Å²) in [6, 6.07) is 5.30. The van der Waals surface area contributed by atoms with E-state index in [0.717, 1.165) is 0 Å². The van der Waals surface area contributed by atoms with Crippen molar-refractivity contribution in [3.05, 3.63) is 30.1 Å². The first kappa shape index (κ1) is 14.4. The number of methoxy groups -OCH3 is 1. The fraction of sp³-hybridized carbons (Fsp3) is 0.417. The number of nitrogens with zero attached hydrogens (tertiary/aromatic N) is 1. The maximum Gasteiger partial charge on any atom is 0.321 e. The highest BCUT2D eigenvalue weighted by Crippen LogP contribution is 2.12. The first-order valence-electron chi connectivity index (χ1n) is 5.55. The van der Waals surface area contributed by atoms with Crippen molar-refractivity contribution < 1.29 is 13.9 Å². The molecule has 0 spiro atoms. The van der Waals surface area contributed by atoms with Gasteiger partial charge < -0.3 is 20.7 Å². The quantitative estimate of drug-likeness (QED) is 0.832. The summed E-state index contributed by atoms with van der Waals surface area (Å²) < 4.78 is 18.2. The number of nitrogens with one attached hydrogen (secondary N) is 1. The Morgan fingerprint density at radius 3 is 2.83 bits per heavy atom. The number of urea groups is 1. The summed E-state index contributed by atoms with van der Waals surface area (Å²) in [5.41, 5.74) is 5.87. The van der Waals surface area contributed by atoms with Crippen molar-refractivity contribution >= 4 is 11.7 Å². The lowest BCUT2D eigenvalue weighted by atomic mass is 10.3. The van der Waals surface area contributed by atoms with Gasteiger partial charge in [0, 0.05) is 26.7 Å². The highest BCUT2D eigenvalue weighted by Gasteiger charge is 2.13. The number of hydrogen-bond acceptors (Lipinski definition) is 3. The van der Waals surface area contributed by atoms with E-state index in [4.69, 9.17) is 10.5 Å². The Morgan fingerprint density at radius 2 is 2.22 bits per heavy atom. The molecule has 18 heavy (non-hydrogen) atoms. The number of carbonyl (C=O) groups is 1. The van der Waals surface area contributed by atoms with Crippen LogP contribution in [0.3, 0.4) is 0 Å². The molecule has 1 unspecified atom stereocenters. The Morgan fingerprint density at radius 1 is 1.56 bits per heavy atom. The summed E-state index contributed by atoms with van der Waals surface area (Å²) in [5.74, 6) is -0.472. The number of carbonyl (C=O) groups excluding carboxylic acids is 1. The molecule has 0 fully saturated rings.